The first-order valence-corrected chi connectivity index (χ1v) is 5.27. The van der Waals surface area contributed by atoms with Gasteiger partial charge in [0.2, 0.25) is 0 Å². The molecular weight excluding hydrogens is 210 g/mol. The first-order chi connectivity index (χ1) is 7.27. The number of nitrogens with zero attached hydrogens (tertiary/aromatic N) is 1. The van der Waals surface area contributed by atoms with Crippen molar-refractivity contribution in [1.29, 1.82) is 0 Å². The highest BCUT2D eigenvalue weighted by molar-refractivity contribution is 7.80. The largest absolute Gasteiger partial charge is 0.388 e. The number of pyridine rings is 1. The molecule has 0 amide bonds. The molecule has 1 aliphatic rings. The molecule has 0 spiro atoms. The van der Waals surface area contributed by atoms with Crippen LogP contribution in [0.5, 0.6) is 0 Å². The average molecular weight is 223 g/mol. The van der Waals surface area contributed by atoms with E-state index in [1.54, 1.807) is 6.20 Å². The predicted octanol–water partition coefficient (Wildman–Crippen LogP) is 0.917. The molecule has 15 heavy (non-hydrogen) atoms. The third kappa shape index (κ3) is 2.43. The second-order valence-electron chi connectivity index (χ2n) is 3.47. The van der Waals surface area contributed by atoms with Gasteiger partial charge in [-0.2, -0.15) is 0 Å². The molecule has 3 N–H and O–H groups in total. The monoisotopic (exact) mass is 223 g/mol. The quantitative estimate of drug-likeness (QED) is 0.746. The molecule has 0 aromatic carbocycles. The summed E-state index contributed by atoms with van der Waals surface area (Å²) in [6, 6.07) is 4.13. The number of nitrogens with two attached hydrogens (primary N) is 1. The number of anilines is 1. The van der Waals surface area contributed by atoms with Crippen LogP contribution in [0.4, 0.5) is 5.69 Å². The van der Waals surface area contributed by atoms with Crippen LogP contribution in [-0.2, 0) is 4.74 Å². The summed E-state index contributed by atoms with van der Waals surface area (Å²) in [5.41, 5.74) is 7.13. The fraction of sp³-hybridized carbons (Fsp3) is 0.400. The van der Waals surface area contributed by atoms with E-state index in [9.17, 15) is 0 Å². The van der Waals surface area contributed by atoms with E-state index < -0.39 is 0 Å². The molecule has 1 fully saturated rings. The zero-order valence-electron chi connectivity index (χ0n) is 8.27. The van der Waals surface area contributed by atoms with Crippen LogP contribution in [0.3, 0.4) is 0 Å². The van der Waals surface area contributed by atoms with Crippen molar-refractivity contribution < 1.29 is 4.74 Å². The molecule has 1 saturated heterocycles. The molecule has 0 aliphatic carbocycles. The van der Waals surface area contributed by atoms with E-state index in [0.717, 1.165) is 25.3 Å². The molecule has 2 heterocycles. The Morgan fingerprint density at radius 1 is 1.67 bits per heavy atom. The lowest BCUT2D eigenvalue weighted by molar-refractivity contribution is 0.195. The van der Waals surface area contributed by atoms with E-state index in [1.807, 2.05) is 12.1 Å². The lowest BCUT2D eigenvalue weighted by Crippen LogP contribution is -2.22. The topological polar surface area (TPSA) is 60.2 Å². The van der Waals surface area contributed by atoms with Crippen LogP contribution >= 0.6 is 12.2 Å². The van der Waals surface area contributed by atoms with Crippen molar-refractivity contribution in [3.8, 4) is 0 Å². The van der Waals surface area contributed by atoms with E-state index in [-0.39, 0.29) is 0 Å². The summed E-state index contributed by atoms with van der Waals surface area (Å²) < 4.78 is 5.28. The Balaban J connectivity index is 2.15. The summed E-state index contributed by atoms with van der Waals surface area (Å²) in [7, 11) is 0. The molecular formula is C10H13N3OS. The van der Waals surface area contributed by atoms with Crippen LogP contribution in [0.25, 0.3) is 0 Å². The second kappa shape index (κ2) is 4.55. The van der Waals surface area contributed by atoms with Crippen LogP contribution in [0.1, 0.15) is 12.1 Å². The van der Waals surface area contributed by atoms with E-state index >= 15 is 0 Å². The summed E-state index contributed by atoms with van der Waals surface area (Å²) in [4.78, 5) is 4.47. The van der Waals surface area contributed by atoms with E-state index in [4.69, 9.17) is 22.7 Å². The van der Waals surface area contributed by atoms with Gasteiger partial charge in [-0.15, -0.1) is 0 Å². The average Bonchev–Trinajstić information content (AvgIpc) is 2.71. The minimum absolute atomic E-state index is 0.317. The lowest BCUT2D eigenvalue weighted by atomic mass is 10.2. The highest BCUT2D eigenvalue weighted by Crippen LogP contribution is 2.16. The zero-order chi connectivity index (χ0) is 10.7. The summed E-state index contributed by atoms with van der Waals surface area (Å²) in [6.07, 6.45) is 2.69. The van der Waals surface area contributed by atoms with Crippen LogP contribution in [0, 0.1) is 0 Å². The zero-order valence-corrected chi connectivity index (χ0v) is 9.09. The smallest absolute Gasteiger partial charge is 0.124 e. The van der Waals surface area contributed by atoms with Gasteiger partial charge in [-0.25, -0.2) is 0 Å². The standard InChI is InChI=1S/C10H13N3OS/c11-10(15)9-8(2-1-4-12-9)13-7-3-5-14-6-7/h1-2,4,7,13H,3,5-6H2,(H2,11,15). The maximum atomic E-state index is 5.59. The fourth-order valence-electron chi connectivity index (χ4n) is 1.59. The van der Waals surface area contributed by atoms with Crippen molar-refractivity contribution in [2.75, 3.05) is 18.5 Å². The maximum absolute atomic E-state index is 5.59. The Bertz CT molecular complexity index is 363. The Morgan fingerprint density at radius 2 is 2.53 bits per heavy atom. The normalized spacial score (nSPS) is 20.1. The van der Waals surface area contributed by atoms with Crippen molar-refractivity contribution >= 4 is 22.9 Å². The number of thiocarbonyl (C=S) groups is 1. The third-order valence-electron chi connectivity index (χ3n) is 2.33. The Labute approximate surface area is 93.8 Å². The molecule has 1 unspecified atom stereocenters. The first kappa shape index (κ1) is 10.3. The minimum Gasteiger partial charge on any atom is -0.388 e. The molecule has 0 saturated carbocycles. The van der Waals surface area contributed by atoms with Crippen molar-refractivity contribution in [3.63, 3.8) is 0 Å². The molecule has 1 aromatic heterocycles. The summed E-state index contributed by atoms with van der Waals surface area (Å²) in [5.74, 6) is 0. The van der Waals surface area contributed by atoms with Gasteiger partial charge in [0.25, 0.3) is 0 Å². The van der Waals surface area contributed by atoms with Crippen molar-refractivity contribution in [1.82, 2.24) is 4.98 Å². The van der Waals surface area contributed by atoms with Crippen LogP contribution in [0.15, 0.2) is 18.3 Å². The Hall–Kier alpha value is -1.20. The number of hydrogen-bond donors (Lipinski definition) is 2. The van der Waals surface area contributed by atoms with Gasteiger partial charge in [0.05, 0.1) is 18.3 Å². The van der Waals surface area contributed by atoms with E-state index in [0.29, 0.717) is 16.7 Å². The van der Waals surface area contributed by atoms with Gasteiger partial charge in [0, 0.05) is 12.8 Å². The van der Waals surface area contributed by atoms with Gasteiger partial charge in [-0.3, -0.25) is 4.98 Å². The van der Waals surface area contributed by atoms with Gasteiger partial charge < -0.3 is 15.8 Å². The molecule has 4 nitrogen and oxygen atoms in total. The Kier molecular flexibility index (Phi) is 3.13. The number of hydrogen-bond acceptors (Lipinski definition) is 4. The van der Waals surface area contributed by atoms with Crippen LogP contribution < -0.4 is 11.1 Å². The summed E-state index contributed by atoms with van der Waals surface area (Å²) in [6.45, 7) is 1.53. The second-order valence-corrected chi connectivity index (χ2v) is 3.91. The van der Waals surface area contributed by atoms with Crippen molar-refractivity contribution in [3.05, 3.63) is 24.0 Å². The van der Waals surface area contributed by atoms with Gasteiger partial charge in [-0.05, 0) is 18.6 Å². The molecule has 2 rings (SSSR count). The highest BCUT2D eigenvalue weighted by Gasteiger charge is 2.17. The molecule has 80 valence electrons. The minimum atomic E-state index is 0.317. The van der Waals surface area contributed by atoms with Gasteiger partial charge in [-0.1, -0.05) is 12.2 Å². The van der Waals surface area contributed by atoms with Crippen LogP contribution in [-0.4, -0.2) is 29.2 Å². The first-order valence-electron chi connectivity index (χ1n) is 4.86. The molecule has 0 radical (unpaired) electrons. The summed E-state index contributed by atoms with van der Waals surface area (Å²) in [5, 5.41) is 3.34. The number of ether oxygens (including phenoxy) is 1. The van der Waals surface area contributed by atoms with Gasteiger partial charge in [0.15, 0.2) is 0 Å². The number of nitrogens with one attached hydrogen (secondary N) is 1. The predicted molar refractivity (Wildman–Crippen MR) is 63.0 cm³/mol. The maximum Gasteiger partial charge on any atom is 0.124 e. The third-order valence-corrected chi connectivity index (χ3v) is 2.52. The number of aromatic nitrogens is 1. The fourth-order valence-corrected chi connectivity index (χ4v) is 1.75. The molecule has 5 heteroatoms. The number of rotatable bonds is 3. The van der Waals surface area contributed by atoms with E-state index in [1.165, 1.54) is 0 Å². The van der Waals surface area contributed by atoms with E-state index in [2.05, 4.69) is 10.3 Å². The van der Waals surface area contributed by atoms with Crippen molar-refractivity contribution in [2.24, 2.45) is 5.73 Å². The highest BCUT2D eigenvalue weighted by atomic mass is 32.1. The molecule has 1 aliphatic heterocycles. The summed E-state index contributed by atoms with van der Waals surface area (Å²) >= 11 is 4.93. The Morgan fingerprint density at radius 3 is 3.20 bits per heavy atom. The lowest BCUT2D eigenvalue weighted by Gasteiger charge is -2.14. The van der Waals surface area contributed by atoms with Gasteiger partial charge >= 0.3 is 0 Å². The molecule has 0 bridgehead atoms. The molecule has 1 atom stereocenters. The van der Waals surface area contributed by atoms with Crippen LogP contribution in [0.2, 0.25) is 0 Å². The molecule has 1 aromatic rings. The SMILES string of the molecule is NC(=S)c1ncccc1NC1CCOC1. The van der Waals surface area contributed by atoms with Gasteiger partial charge in [0.1, 0.15) is 10.7 Å². The van der Waals surface area contributed by atoms with Crippen molar-refractivity contribution in [2.45, 2.75) is 12.5 Å².